The number of cyclic esters (lactones) is 1. The highest BCUT2D eigenvalue weighted by molar-refractivity contribution is 7.80. The second-order valence-corrected chi connectivity index (χ2v) is 8.29. The summed E-state index contributed by atoms with van der Waals surface area (Å²) in [5.74, 6) is -1.86. The van der Waals surface area contributed by atoms with Gasteiger partial charge in [0, 0.05) is 37.7 Å². The van der Waals surface area contributed by atoms with Gasteiger partial charge in [-0.2, -0.15) is 0 Å². The third-order valence-corrected chi connectivity index (χ3v) is 5.95. The van der Waals surface area contributed by atoms with Crippen LogP contribution in [0.2, 0.25) is 0 Å². The number of hydroxylamine groups is 2. The number of hydrogen-bond donors (Lipinski definition) is 1. The molecular weight excluding hydrogens is 466 g/mol. The number of amides is 2. The van der Waals surface area contributed by atoms with Gasteiger partial charge in [-0.1, -0.05) is 42.5 Å². The molecule has 11 heteroatoms. The Morgan fingerprint density at radius 2 is 1.85 bits per heavy atom. The maximum atomic E-state index is 15.1. The Morgan fingerprint density at radius 3 is 2.53 bits per heavy atom. The molecule has 2 aromatic carbocycles. The van der Waals surface area contributed by atoms with Crippen LogP contribution in [-0.4, -0.2) is 67.5 Å². The summed E-state index contributed by atoms with van der Waals surface area (Å²) in [6.07, 6.45) is -1.33. The minimum Gasteiger partial charge on any atom is -0.442 e. The number of carbonyl (C=O) groups excluding carboxylic acids is 2. The highest BCUT2D eigenvalue weighted by Gasteiger charge is 2.34. The molecule has 2 aliphatic rings. The first kappa shape index (κ1) is 23.8. The average molecular weight is 491 g/mol. The summed E-state index contributed by atoms with van der Waals surface area (Å²) in [6.45, 7) is 2.59. The molecule has 4 rings (SSSR count). The van der Waals surface area contributed by atoms with E-state index < -0.39 is 23.8 Å². The molecule has 0 unspecified atom stereocenters. The largest absolute Gasteiger partial charge is 0.442 e. The molecule has 0 radical (unpaired) electrons. The van der Waals surface area contributed by atoms with Crippen molar-refractivity contribution in [1.82, 2.24) is 10.4 Å². The van der Waals surface area contributed by atoms with Crippen LogP contribution in [0, 0.1) is 11.6 Å². The van der Waals surface area contributed by atoms with Gasteiger partial charge in [-0.05, 0) is 0 Å². The zero-order valence-electron chi connectivity index (χ0n) is 18.5. The number of halogens is 2. The number of ether oxygens (including phenoxy) is 1. The molecule has 2 saturated heterocycles. The Morgan fingerprint density at radius 1 is 1.15 bits per heavy atom. The summed E-state index contributed by atoms with van der Waals surface area (Å²) < 4.78 is 35.3. The zero-order valence-corrected chi connectivity index (χ0v) is 19.3. The fourth-order valence-corrected chi connectivity index (χ4v) is 4.14. The normalized spacial score (nSPS) is 18.5. The van der Waals surface area contributed by atoms with Crippen LogP contribution in [0.4, 0.5) is 25.0 Å². The van der Waals surface area contributed by atoms with Crippen LogP contribution < -0.4 is 15.1 Å². The molecular formula is C23H24F2N4O4S. The summed E-state index contributed by atoms with van der Waals surface area (Å²) in [4.78, 5) is 32.2. The summed E-state index contributed by atoms with van der Waals surface area (Å²) in [6, 6.07) is 11.6. The minimum absolute atomic E-state index is 0.0482. The smallest absolute Gasteiger partial charge is 0.414 e. The number of carbonyl (C=O) groups is 2. The van der Waals surface area contributed by atoms with Crippen molar-refractivity contribution in [2.75, 3.05) is 49.1 Å². The molecule has 1 N–H and O–H groups in total. The van der Waals surface area contributed by atoms with Gasteiger partial charge in [0.2, 0.25) is 5.91 Å². The standard InChI is InChI=1S/C23H24F2N4O4S/c1-15(30)26-13-18-14-28(23(31)33-18)17-11-19(24)21(20(25)12-17)27-7-8-29(32-10-9-27)22(34)16-5-3-2-4-6-16/h2-6,11-12,18H,7-10,13-14H2,1H3,(H,26,30)/t18-/m0/s1. The van der Waals surface area contributed by atoms with Crippen LogP contribution in [0.3, 0.4) is 0 Å². The molecule has 0 bridgehead atoms. The molecule has 8 nitrogen and oxygen atoms in total. The molecule has 2 aromatic rings. The Kier molecular flexibility index (Phi) is 7.23. The number of rotatable bonds is 5. The highest BCUT2D eigenvalue weighted by Crippen LogP contribution is 2.31. The number of anilines is 2. The maximum Gasteiger partial charge on any atom is 0.414 e. The van der Waals surface area contributed by atoms with Crippen LogP contribution in [0.25, 0.3) is 0 Å². The first-order valence-electron chi connectivity index (χ1n) is 10.8. The summed E-state index contributed by atoms with van der Waals surface area (Å²) >= 11 is 5.50. The molecule has 2 heterocycles. The molecule has 34 heavy (non-hydrogen) atoms. The molecule has 0 spiro atoms. The quantitative estimate of drug-likeness (QED) is 0.646. The second kappa shape index (κ2) is 10.3. The number of nitrogens with one attached hydrogen (secondary N) is 1. The third-order valence-electron chi connectivity index (χ3n) is 5.51. The molecule has 0 aliphatic carbocycles. The first-order valence-corrected chi connectivity index (χ1v) is 11.2. The van der Waals surface area contributed by atoms with E-state index in [2.05, 4.69) is 5.32 Å². The molecule has 2 aliphatic heterocycles. The minimum atomic E-state index is -0.799. The predicted octanol–water partition coefficient (Wildman–Crippen LogP) is 2.86. The average Bonchev–Trinajstić information content (AvgIpc) is 3.02. The van der Waals surface area contributed by atoms with E-state index in [9.17, 15) is 9.59 Å². The number of thiocarbonyl (C=S) groups is 1. The van der Waals surface area contributed by atoms with Gasteiger partial charge in [0.15, 0.2) is 11.6 Å². The molecule has 1 atom stereocenters. The van der Waals surface area contributed by atoms with E-state index in [1.165, 1.54) is 6.92 Å². The van der Waals surface area contributed by atoms with E-state index >= 15 is 8.78 Å². The Balaban J connectivity index is 1.45. The van der Waals surface area contributed by atoms with Crippen LogP contribution in [0.15, 0.2) is 42.5 Å². The first-order chi connectivity index (χ1) is 16.3. The molecule has 0 saturated carbocycles. The topological polar surface area (TPSA) is 74.4 Å². The van der Waals surface area contributed by atoms with Gasteiger partial charge in [-0.15, -0.1) is 0 Å². The van der Waals surface area contributed by atoms with Crippen molar-refractivity contribution in [2.45, 2.75) is 13.0 Å². The second-order valence-electron chi connectivity index (χ2n) is 7.91. The van der Waals surface area contributed by atoms with Crippen molar-refractivity contribution >= 4 is 40.6 Å². The molecule has 0 aromatic heterocycles. The van der Waals surface area contributed by atoms with Crippen molar-refractivity contribution in [3.8, 4) is 0 Å². The van der Waals surface area contributed by atoms with Crippen molar-refractivity contribution in [2.24, 2.45) is 0 Å². The number of nitrogens with zero attached hydrogens (tertiary/aromatic N) is 3. The SMILES string of the molecule is CC(=O)NC[C@H]1CN(c2cc(F)c(N3CCON(C(=S)c4ccccc4)CC3)c(F)c2)C(=O)O1. The van der Waals surface area contributed by atoms with Crippen molar-refractivity contribution in [3.63, 3.8) is 0 Å². The molecule has 180 valence electrons. The molecule has 2 amide bonds. The van der Waals surface area contributed by atoms with E-state index in [0.717, 1.165) is 22.6 Å². The van der Waals surface area contributed by atoms with E-state index in [-0.39, 0.29) is 50.1 Å². The Bertz CT molecular complexity index is 1060. The lowest BCUT2D eigenvalue weighted by Crippen LogP contribution is -2.34. The lowest BCUT2D eigenvalue weighted by Gasteiger charge is -2.25. The summed E-state index contributed by atoms with van der Waals surface area (Å²) in [5.41, 5.74) is 0.677. The monoisotopic (exact) mass is 490 g/mol. The van der Waals surface area contributed by atoms with Crippen molar-refractivity contribution in [3.05, 3.63) is 59.7 Å². The van der Waals surface area contributed by atoms with Gasteiger partial charge >= 0.3 is 6.09 Å². The Labute approximate surface area is 201 Å². The van der Waals surface area contributed by atoms with E-state index in [4.69, 9.17) is 21.8 Å². The van der Waals surface area contributed by atoms with Crippen molar-refractivity contribution < 1.29 is 27.9 Å². The van der Waals surface area contributed by atoms with Gasteiger partial charge < -0.3 is 15.0 Å². The Hall–Kier alpha value is -3.31. The third kappa shape index (κ3) is 5.26. The number of benzene rings is 2. The van der Waals surface area contributed by atoms with E-state index in [0.29, 0.717) is 11.5 Å². The highest BCUT2D eigenvalue weighted by atomic mass is 32.1. The van der Waals surface area contributed by atoms with Crippen molar-refractivity contribution in [1.29, 1.82) is 0 Å². The van der Waals surface area contributed by atoms with Crippen LogP contribution in [0.1, 0.15) is 12.5 Å². The maximum absolute atomic E-state index is 15.1. The summed E-state index contributed by atoms with van der Waals surface area (Å²) in [5, 5.41) is 4.12. The number of hydrogen-bond acceptors (Lipinski definition) is 6. The summed E-state index contributed by atoms with van der Waals surface area (Å²) in [7, 11) is 0. The van der Waals surface area contributed by atoms with Gasteiger partial charge in [0.05, 0.1) is 31.9 Å². The fourth-order valence-electron chi connectivity index (χ4n) is 3.86. The van der Waals surface area contributed by atoms with Gasteiger partial charge in [0.25, 0.3) is 0 Å². The lowest BCUT2D eigenvalue weighted by atomic mass is 10.2. The van der Waals surface area contributed by atoms with Gasteiger partial charge in [0.1, 0.15) is 16.8 Å². The van der Waals surface area contributed by atoms with Gasteiger partial charge in [-0.3, -0.25) is 14.5 Å². The van der Waals surface area contributed by atoms with E-state index in [1.807, 2.05) is 30.3 Å². The van der Waals surface area contributed by atoms with E-state index in [1.54, 1.807) is 9.96 Å². The van der Waals surface area contributed by atoms with Crippen LogP contribution in [-0.2, 0) is 14.4 Å². The van der Waals surface area contributed by atoms with Gasteiger partial charge in [-0.25, -0.2) is 18.6 Å². The lowest BCUT2D eigenvalue weighted by molar-refractivity contribution is -0.119. The molecule has 2 fully saturated rings. The fraction of sp³-hybridized carbons (Fsp3) is 0.348. The predicted molar refractivity (Wildman–Crippen MR) is 126 cm³/mol. The van der Waals surface area contributed by atoms with Crippen LogP contribution in [0.5, 0.6) is 0 Å². The van der Waals surface area contributed by atoms with Crippen LogP contribution >= 0.6 is 12.2 Å². The zero-order chi connectivity index (χ0) is 24.2.